The van der Waals surface area contributed by atoms with Crippen molar-refractivity contribution in [3.63, 3.8) is 0 Å². The fraction of sp³-hybridized carbons (Fsp3) is 0.348. The predicted octanol–water partition coefficient (Wildman–Crippen LogP) is 4.38. The Morgan fingerprint density at radius 3 is 2.64 bits per heavy atom. The van der Waals surface area contributed by atoms with Gasteiger partial charge in [0.1, 0.15) is 5.82 Å². The van der Waals surface area contributed by atoms with Gasteiger partial charge in [-0.3, -0.25) is 14.2 Å². The van der Waals surface area contributed by atoms with Crippen molar-refractivity contribution < 1.29 is 4.79 Å². The summed E-state index contributed by atoms with van der Waals surface area (Å²) in [4.78, 5) is 30.3. The van der Waals surface area contributed by atoms with Crippen LogP contribution < -0.4 is 10.9 Å². The van der Waals surface area contributed by atoms with Gasteiger partial charge >= 0.3 is 0 Å². The van der Waals surface area contributed by atoms with Crippen molar-refractivity contribution in [2.75, 3.05) is 5.32 Å². The van der Waals surface area contributed by atoms with Crippen LogP contribution in [0, 0.1) is 13.8 Å². The topological polar surface area (TPSA) is 64.0 Å². The first-order valence-electron chi connectivity index (χ1n) is 9.95. The molecule has 3 aromatic rings. The number of rotatable bonds is 2. The molecular weight excluding hydrogens is 350 g/mol. The molecule has 1 amide bonds. The van der Waals surface area contributed by atoms with Crippen LogP contribution in [0.4, 0.5) is 5.69 Å². The molecule has 4 rings (SSSR count). The summed E-state index contributed by atoms with van der Waals surface area (Å²) in [5.41, 5.74) is 4.19. The van der Waals surface area contributed by atoms with E-state index in [4.69, 9.17) is 4.98 Å². The molecule has 5 nitrogen and oxygen atoms in total. The van der Waals surface area contributed by atoms with Gasteiger partial charge in [-0.2, -0.15) is 0 Å². The number of nitrogens with one attached hydrogen (secondary N) is 1. The maximum Gasteiger partial charge on any atom is 0.261 e. The van der Waals surface area contributed by atoms with Crippen LogP contribution in [0.1, 0.15) is 53.0 Å². The molecule has 1 aliphatic heterocycles. The molecule has 0 spiro atoms. The van der Waals surface area contributed by atoms with Crippen molar-refractivity contribution >= 4 is 22.5 Å². The zero-order chi connectivity index (χ0) is 19.7. The van der Waals surface area contributed by atoms with Gasteiger partial charge in [-0.05, 0) is 68.1 Å². The second-order valence-electron chi connectivity index (χ2n) is 7.63. The van der Waals surface area contributed by atoms with Crippen LogP contribution in [0.25, 0.3) is 10.9 Å². The Hall–Kier alpha value is -2.95. The van der Waals surface area contributed by atoms with Gasteiger partial charge in [0.05, 0.1) is 10.9 Å². The van der Waals surface area contributed by atoms with E-state index in [2.05, 4.69) is 5.32 Å². The minimum atomic E-state index is -0.196. The summed E-state index contributed by atoms with van der Waals surface area (Å²) in [6, 6.07) is 11.0. The first kappa shape index (κ1) is 18.4. The maximum absolute atomic E-state index is 12.9. The molecule has 1 aromatic heterocycles. The van der Waals surface area contributed by atoms with Crippen molar-refractivity contribution in [3.05, 3.63) is 69.3 Å². The third kappa shape index (κ3) is 3.57. The monoisotopic (exact) mass is 375 g/mol. The van der Waals surface area contributed by atoms with Gasteiger partial charge in [0, 0.05) is 24.2 Å². The first-order valence-corrected chi connectivity index (χ1v) is 9.95. The normalized spacial score (nSPS) is 14.2. The number of fused-ring (bicyclic) bond motifs is 2. The lowest BCUT2D eigenvalue weighted by molar-refractivity contribution is 0.102. The highest BCUT2D eigenvalue weighted by Gasteiger charge is 2.15. The standard InChI is InChI=1S/C23H25N3O2/c1-15-8-10-18(13-16(15)2)24-22(27)17-9-11-19-20(14-17)25-21-7-5-3-4-6-12-26(21)23(19)28/h8-11,13-14H,3-7,12H2,1-2H3,(H,24,27). The highest BCUT2D eigenvalue weighted by molar-refractivity contribution is 6.06. The molecule has 0 unspecified atom stereocenters. The molecule has 28 heavy (non-hydrogen) atoms. The number of carbonyl (C=O) groups is 1. The predicted molar refractivity (Wildman–Crippen MR) is 112 cm³/mol. The fourth-order valence-electron chi connectivity index (χ4n) is 3.76. The molecule has 0 saturated carbocycles. The molecule has 0 radical (unpaired) electrons. The Kier molecular flexibility index (Phi) is 4.99. The molecule has 2 heterocycles. The average Bonchev–Trinajstić information content (AvgIpc) is 2.66. The van der Waals surface area contributed by atoms with Gasteiger partial charge in [0.2, 0.25) is 0 Å². The highest BCUT2D eigenvalue weighted by Crippen LogP contribution is 2.18. The Bertz CT molecular complexity index is 1110. The minimum Gasteiger partial charge on any atom is -0.322 e. The van der Waals surface area contributed by atoms with Gasteiger partial charge in [0.15, 0.2) is 0 Å². The van der Waals surface area contributed by atoms with Gasteiger partial charge in [-0.1, -0.05) is 18.9 Å². The molecule has 0 fully saturated rings. The van der Waals surface area contributed by atoms with Crippen molar-refractivity contribution in [1.29, 1.82) is 0 Å². The van der Waals surface area contributed by atoms with E-state index in [0.717, 1.165) is 49.3 Å². The molecule has 0 bridgehead atoms. The summed E-state index contributed by atoms with van der Waals surface area (Å²) < 4.78 is 1.82. The average molecular weight is 375 g/mol. The largest absolute Gasteiger partial charge is 0.322 e. The Morgan fingerprint density at radius 2 is 1.82 bits per heavy atom. The zero-order valence-corrected chi connectivity index (χ0v) is 16.4. The third-order valence-corrected chi connectivity index (χ3v) is 5.59. The Morgan fingerprint density at radius 1 is 1.00 bits per heavy atom. The van der Waals surface area contributed by atoms with Crippen molar-refractivity contribution in [2.24, 2.45) is 0 Å². The van der Waals surface area contributed by atoms with E-state index in [-0.39, 0.29) is 11.5 Å². The first-order chi connectivity index (χ1) is 13.5. The van der Waals surface area contributed by atoms with Crippen LogP contribution in [-0.4, -0.2) is 15.5 Å². The number of aromatic nitrogens is 2. The van der Waals surface area contributed by atoms with Crippen LogP contribution >= 0.6 is 0 Å². The smallest absolute Gasteiger partial charge is 0.261 e. The number of hydrogen-bond acceptors (Lipinski definition) is 3. The molecule has 0 saturated heterocycles. The van der Waals surface area contributed by atoms with E-state index in [9.17, 15) is 9.59 Å². The van der Waals surface area contributed by atoms with Crippen LogP contribution in [0.5, 0.6) is 0 Å². The number of amides is 1. The summed E-state index contributed by atoms with van der Waals surface area (Å²) in [6.45, 7) is 4.79. The van der Waals surface area contributed by atoms with Crippen molar-refractivity contribution in [3.8, 4) is 0 Å². The van der Waals surface area contributed by atoms with E-state index in [1.54, 1.807) is 18.2 Å². The lowest BCUT2D eigenvalue weighted by Crippen LogP contribution is -2.26. The van der Waals surface area contributed by atoms with Gasteiger partial charge in [-0.15, -0.1) is 0 Å². The van der Waals surface area contributed by atoms with E-state index in [0.29, 0.717) is 16.5 Å². The van der Waals surface area contributed by atoms with Crippen LogP contribution in [0.3, 0.4) is 0 Å². The Balaban J connectivity index is 1.68. The molecular formula is C23H25N3O2. The third-order valence-electron chi connectivity index (χ3n) is 5.59. The van der Waals surface area contributed by atoms with E-state index < -0.39 is 0 Å². The SMILES string of the molecule is Cc1ccc(NC(=O)c2ccc3c(=O)n4c(nc3c2)CCCCCC4)cc1C. The molecule has 2 aromatic carbocycles. The van der Waals surface area contributed by atoms with E-state index in [1.807, 2.05) is 36.6 Å². The maximum atomic E-state index is 12.9. The quantitative estimate of drug-likeness (QED) is 0.723. The number of carbonyl (C=O) groups excluding carboxylic acids is 1. The second-order valence-corrected chi connectivity index (χ2v) is 7.63. The number of hydrogen-bond donors (Lipinski definition) is 1. The lowest BCUT2D eigenvalue weighted by Gasteiger charge is -2.16. The number of anilines is 1. The molecule has 5 heteroatoms. The molecule has 1 N–H and O–H groups in total. The van der Waals surface area contributed by atoms with E-state index in [1.165, 1.54) is 12.0 Å². The van der Waals surface area contributed by atoms with Gasteiger partial charge < -0.3 is 5.32 Å². The number of aryl methyl sites for hydroxylation is 3. The summed E-state index contributed by atoms with van der Waals surface area (Å²) in [5, 5.41) is 3.51. The molecule has 0 aliphatic carbocycles. The fourth-order valence-corrected chi connectivity index (χ4v) is 3.76. The molecule has 144 valence electrons. The van der Waals surface area contributed by atoms with Crippen LogP contribution in [0.2, 0.25) is 0 Å². The summed E-state index contributed by atoms with van der Waals surface area (Å²) >= 11 is 0. The van der Waals surface area contributed by atoms with Gasteiger partial charge in [-0.25, -0.2) is 4.98 Å². The number of benzene rings is 2. The molecule has 1 aliphatic rings. The summed E-state index contributed by atoms with van der Waals surface area (Å²) in [7, 11) is 0. The summed E-state index contributed by atoms with van der Waals surface area (Å²) in [6.07, 6.45) is 5.19. The van der Waals surface area contributed by atoms with E-state index >= 15 is 0 Å². The minimum absolute atomic E-state index is 0.00279. The highest BCUT2D eigenvalue weighted by atomic mass is 16.1. The number of nitrogens with zero attached hydrogens (tertiary/aromatic N) is 2. The van der Waals surface area contributed by atoms with Crippen LogP contribution in [0.15, 0.2) is 41.2 Å². The van der Waals surface area contributed by atoms with Crippen LogP contribution in [-0.2, 0) is 13.0 Å². The Labute approximate surface area is 164 Å². The lowest BCUT2D eigenvalue weighted by atomic mass is 10.1. The van der Waals surface area contributed by atoms with Crippen molar-refractivity contribution in [1.82, 2.24) is 9.55 Å². The molecule has 0 atom stereocenters. The second kappa shape index (κ2) is 7.58. The summed E-state index contributed by atoms with van der Waals surface area (Å²) in [5.74, 6) is 0.641. The van der Waals surface area contributed by atoms with Gasteiger partial charge in [0.25, 0.3) is 11.5 Å². The zero-order valence-electron chi connectivity index (χ0n) is 16.4. The van der Waals surface area contributed by atoms with Crippen molar-refractivity contribution in [2.45, 2.75) is 52.5 Å².